The van der Waals surface area contributed by atoms with Crippen molar-refractivity contribution >= 4 is 33.4 Å². The molecule has 0 unspecified atom stereocenters. The van der Waals surface area contributed by atoms with Gasteiger partial charge in [-0.25, -0.2) is 0 Å². The number of allylic oxidation sites excluding steroid dienone is 2. The van der Waals surface area contributed by atoms with Gasteiger partial charge < -0.3 is 15.1 Å². The van der Waals surface area contributed by atoms with Crippen LogP contribution in [0.25, 0.3) is 0 Å². The van der Waals surface area contributed by atoms with E-state index in [0.717, 1.165) is 49.2 Å². The minimum absolute atomic E-state index is 0.0106. The molecule has 5 nitrogen and oxygen atoms in total. The van der Waals surface area contributed by atoms with Gasteiger partial charge in [0.2, 0.25) is 11.8 Å². The lowest BCUT2D eigenvalue weighted by atomic mass is 9.81. The van der Waals surface area contributed by atoms with E-state index in [1.54, 1.807) is 0 Å². The Morgan fingerprint density at radius 1 is 0.968 bits per heavy atom. The van der Waals surface area contributed by atoms with Gasteiger partial charge in [-0.3, -0.25) is 9.59 Å². The van der Waals surface area contributed by atoms with Crippen LogP contribution in [0.2, 0.25) is 0 Å². The molecule has 2 fully saturated rings. The van der Waals surface area contributed by atoms with Gasteiger partial charge in [0.25, 0.3) is 0 Å². The lowest BCUT2D eigenvalue weighted by Crippen LogP contribution is -2.46. The Morgan fingerprint density at radius 2 is 1.58 bits per heavy atom. The van der Waals surface area contributed by atoms with Crippen LogP contribution in [0.15, 0.2) is 40.9 Å². The van der Waals surface area contributed by atoms with Crippen LogP contribution in [-0.2, 0) is 9.59 Å². The van der Waals surface area contributed by atoms with Crippen LogP contribution >= 0.6 is 15.9 Å². The molecule has 3 aliphatic rings. The molecule has 6 heteroatoms. The second-order valence-corrected chi connectivity index (χ2v) is 10.1. The molecule has 0 saturated heterocycles. The van der Waals surface area contributed by atoms with Crippen LogP contribution in [0.1, 0.15) is 33.6 Å². The van der Waals surface area contributed by atoms with Crippen LogP contribution in [0.5, 0.6) is 0 Å². The van der Waals surface area contributed by atoms with Gasteiger partial charge in [-0.1, -0.05) is 41.9 Å². The number of halogens is 1. The van der Waals surface area contributed by atoms with Crippen molar-refractivity contribution in [3.8, 4) is 0 Å². The molecule has 0 aliphatic heterocycles. The topological polar surface area (TPSA) is 52.7 Å². The molecule has 0 aromatic heterocycles. The van der Waals surface area contributed by atoms with Gasteiger partial charge >= 0.3 is 0 Å². The number of nitrogens with zero attached hydrogens (tertiary/aromatic N) is 2. The van der Waals surface area contributed by atoms with Crippen molar-refractivity contribution in [3.63, 3.8) is 0 Å². The Bertz CT molecular complexity index is 845. The first-order valence-electron chi connectivity index (χ1n) is 11.7. The predicted octanol–water partition coefficient (Wildman–Crippen LogP) is 4.41. The monoisotopic (exact) mass is 487 g/mol. The molecule has 168 valence electrons. The van der Waals surface area contributed by atoms with Crippen LogP contribution in [0.4, 0.5) is 5.69 Å². The zero-order chi connectivity index (χ0) is 22.2. The summed E-state index contributed by atoms with van der Waals surface area (Å²) in [7, 11) is 0. The Balaban J connectivity index is 1.54. The summed E-state index contributed by atoms with van der Waals surface area (Å²) in [5, 5.41) is 3.10. The zero-order valence-corrected chi connectivity index (χ0v) is 20.4. The molecule has 2 saturated carbocycles. The van der Waals surface area contributed by atoms with E-state index in [1.165, 1.54) is 0 Å². The van der Waals surface area contributed by atoms with Crippen LogP contribution in [0.3, 0.4) is 0 Å². The van der Waals surface area contributed by atoms with Crippen molar-refractivity contribution in [1.29, 1.82) is 0 Å². The molecule has 1 aromatic rings. The Kier molecular flexibility index (Phi) is 6.59. The van der Waals surface area contributed by atoms with Crippen molar-refractivity contribution in [2.24, 2.45) is 29.1 Å². The SMILES string of the molecule is CCN(CC)CCN(CC)C(=O)[C@H]1[C@H](C(=O)Nc2ccc(Br)cc2)[C@H]2C=C[C@H]1C21CC1. The van der Waals surface area contributed by atoms with Gasteiger partial charge in [-0.15, -0.1) is 0 Å². The average molecular weight is 488 g/mol. The summed E-state index contributed by atoms with van der Waals surface area (Å²) >= 11 is 3.44. The van der Waals surface area contributed by atoms with E-state index < -0.39 is 0 Å². The number of carbonyl (C=O) groups is 2. The molecule has 2 bridgehead atoms. The third kappa shape index (κ3) is 4.09. The van der Waals surface area contributed by atoms with Gasteiger partial charge in [0.15, 0.2) is 0 Å². The summed E-state index contributed by atoms with van der Waals surface area (Å²) in [5.74, 6) is 0.00893. The number of amides is 2. The highest BCUT2D eigenvalue weighted by Crippen LogP contribution is 2.72. The van der Waals surface area contributed by atoms with Crippen LogP contribution in [0, 0.1) is 29.1 Å². The number of likely N-dealkylation sites (N-methyl/N-ethyl adjacent to an activating group) is 2. The fourth-order valence-electron chi connectivity index (χ4n) is 5.89. The van der Waals surface area contributed by atoms with Crippen molar-refractivity contribution < 1.29 is 9.59 Å². The van der Waals surface area contributed by atoms with Crippen LogP contribution in [-0.4, -0.2) is 54.3 Å². The number of carbonyl (C=O) groups excluding carboxylic acids is 2. The number of benzene rings is 1. The number of hydrogen-bond acceptors (Lipinski definition) is 3. The van der Waals surface area contributed by atoms with Gasteiger partial charge in [0.05, 0.1) is 11.8 Å². The summed E-state index contributed by atoms with van der Waals surface area (Å²) in [6.45, 7) is 10.6. The predicted molar refractivity (Wildman–Crippen MR) is 128 cm³/mol. The normalized spacial score (nSPS) is 27.1. The van der Waals surface area contributed by atoms with Gasteiger partial charge in [-0.05, 0) is 74.4 Å². The largest absolute Gasteiger partial charge is 0.341 e. The van der Waals surface area contributed by atoms with E-state index >= 15 is 0 Å². The van der Waals surface area contributed by atoms with Gasteiger partial charge in [0.1, 0.15) is 0 Å². The van der Waals surface area contributed by atoms with E-state index in [9.17, 15) is 9.59 Å². The Hall–Kier alpha value is -1.66. The Labute approximate surface area is 194 Å². The molecule has 1 spiro atoms. The number of rotatable bonds is 9. The maximum absolute atomic E-state index is 13.8. The molecule has 4 rings (SSSR count). The summed E-state index contributed by atoms with van der Waals surface area (Å²) in [5.41, 5.74) is 0.935. The Morgan fingerprint density at radius 3 is 2.13 bits per heavy atom. The van der Waals surface area contributed by atoms with E-state index in [4.69, 9.17) is 0 Å². The fraction of sp³-hybridized carbons (Fsp3) is 0.600. The lowest BCUT2D eigenvalue weighted by Gasteiger charge is -2.32. The lowest BCUT2D eigenvalue weighted by molar-refractivity contribution is -0.141. The number of nitrogens with one attached hydrogen (secondary N) is 1. The molecular formula is C25H34BrN3O2. The fourth-order valence-corrected chi connectivity index (χ4v) is 6.15. The molecule has 4 atom stereocenters. The van der Waals surface area contributed by atoms with E-state index in [-0.39, 0.29) is 40.9 Å². The second-order valence-electron chi connectivity index (χ2n) is 9.16. The minimum atomic E-state index is -0.281. The second kappa shape index (κ2) is 9.07. The summed E-state index contributed by atoms with van der Waals surface area (Å²) in [6, 6.07) is 7.65. The summed E-state index contributed by atoms with van der Waals surface area (Å²) < 4.78 is 0.977. The smallest absolute Gasteiger partial charge is 0.228 e. The number of anilines is 1. The first-order valence-corrected chi connectivity index (χ1v) is 12.5. The zero-order valence-electron chi connectivity index (χ0n) is 18.8. The third-order valence-electron chi connectivity index (χ3n) is 7.82. The van der Waals surface area contributed by atoms with E-state index in [1.807, 2.05) is 36.1 Å². The number of hydrogen-bond donors (Lipinski definition) is 1. The molecule has 1 aromatic carbocycles. The van der Waals surface area contributed by atoms with Crippen molar-refractivity contribution in [3.05, 3.63) is 40.9 Å². The quantitative estimate of drug-likeness (QED) is 0.524. The molecule has 0 heterocycles. The van der Waals surface area contributed by atoms with Crippen molar-refractivity contribution in [2.45, 2.75) is 33.6 Å². The highest BCUT2D eigenvalue weighted by molar-refractivity contribution is 9.10. The highest BCUT2D eigenvalue weighted by atomic mass is 79.9. The molecule has 2 amide bonds. The standard InChI is InChI=1S/C25H34BrN3O2/c1-4-28(5-2)15-16-29(6-3)24(31)22-20-12-11-19(25(20)13-14-25)21(22)23(30)27-18-9-7-17(26)8-10-18/h7-12,19-22H,4-6,13-16H2,1-3H3,(H,27,30)/t19-,20-,21-,22-/m1/s1. The minimum Gasteiger partial charge on any atom is -0.341 e. The molecule has 3 aliphatic carbocycles. The maximum atomic E-state index is 13.8. The van der Waals surface area contributed by atoms with Crippen molar-refractivity contribution in [2.75, 3.05) is 38.0 Å². The van der Waals surface area contributed by atoms with E-state index in [2.05, 4.69) is 52.1 Å². The first kappa shape index (κ1) is 22.5. The molecule has 0 radical (unpaired) electrons. The summed E-state index contributed by atoms with van der Waals surface area (Å²) in [6.07, 6.45) is 6.72. The van der Waals surface area contributed by atoms with Gasteiger partial charge in [-0.2, -0.15) is 0 Å². The third-order valence-corrected chi connectivity index (χ3v) is 8.34. The molecule has 1 N–H and O–H groups in total. The molecular weight excluding hydrogens is 454 g/mol. The van der Waals surface area contributed by atoms with Crippen molar-refractivity contribution in [1.82, 2.24) is 9.80 Å². The maximum Gasteiger partial charge on any atom is 0.228 e. The van der Waals surface area contributed by atoms with Gasteiger partial charge in [0, 0.05) is 29.8 Å². The first-order chi connectivity index (χ1) is 14.9. The van der Waals surface area contributed by atoms with E-state index in [0.29, 0.717) is 6.54 Å². The summed E-state index contributed by atoms with van der Waals surface area (Å²) in [4.78, 5) is 31.5. The average Bonchev–Trinajstić information content (AvgIpc) is 3.44. The molecule has 31 heavy (non-hydrogen) atoms. The van der Waals surface area contributed by atoms with Crippen LogP contribution < -0.4 is 5.32 Å². The highest BCUT2D eigenvalue weighted by Gasteiger charge is 2.70.